The molecule has 2 N–H and O–H groups in total. The molecule has 0 bridgehead atoms. The van der Waals surface area contributed by atoms with Crippen LogP contribution in [0.2, 0.25) is 0 Å². The number of hydrogen-bond donors (Lipinski definition) is 1. The van der Waals surface area contributed by atoms with Gasteiger partial charge in [-0.15, -0.1) is 0 Å². The van der Waals surface area contributed by atoms with Gasteiger partial charge in [-0.2, -0.15) is 0 Å². The van der Waals surface area contributed by atoms with E-state index in [0.29, 0.717) is 6.54 Å². The van der Waals surface area contributed by atoms with Crippen molar-refractivity contribution < 1.29 is 4.74 Å². The Kier molecular flexibility index (Phi) is 4.61. The first-order chi connectivity index (χ1) is 10.3. The highest BCUT2D eigenvalue weighted by Crippen LogP contribution is 2.32. The van der Waals surface area contributed by atoms with E-state index in [1.165, 1.54) is 42.4 Å². The van der Waals surface area contributed by atoms with Gasteiger partial charge >= 0.3 is 0 Å². The second-order valence-corrected chi connectivity index (χ2v) is 6.40. The Hall–Kier alpha value is -1.32. The number of nitrogens with two attached hydrogens (primary N) is 1. The molecular formula is C18H20BrNO. The quantitative estimate of drug-likeness (QED) is 0.877. The number of halogens is 1. The van der Waals surface area contributed by atoms with E-state index in [1.807, 2.05) is 6.07 Å². The lowest BCUT2D eigenvalue weighted by Gasteiger charge is -2.17. The minimum atomic E-state index is 0.664. The highest BCUT2D eigenvalue weighted by Gasteiger charge is 2.11. The van der Waals surface area contributed by atoms with Crippen molar-refractivity contribution in [2.24, 2.45) is 5.73 Å². The maximum atomic E-state index is 6.03. The fourth-order valence-corrected chi connectivity index (χ4v) is 3.36. The summed E-state index contributed by atoms with van der Waals surface area (Å²) in [6, 6.07) is 12.6. The first kappa shape index (κ1) is 14.6. The van der Waals surface area contributed by atoms with Gasteiger partial charge in [0.15, 0.2) is 0 Å². The van der Waals surface area contributed by atoms with Crippen LogP contribution in [0.4, 0.5) is 0 Å². The first-order valence-corrected chi connectivity index (χ1v) is 8.34. The molecule has 110 valence electrons. The minimum Gasteiger partial charge on any atom is -0.456 e. The van der Waals surface area contributed by atoms with Crippen LogP contribution in [0.15, 0.2) is 40.9 Å². The number of hydrogen-bond acceptors (Lipinski definition) is 2. The average molecular weight is 346 g/mol. The van der Waals surface area contributed by atoms with E-state index >= 15 is 0 Å². The van der Waals surface area contributed by atoms with Gasteiger partial charge in [-0.05, 0) is 95.5 Å². The lowest BCUT2D eigenvalue weighted by atomic mass is 9.92. The van der Waals surface area contributed by atoms with Crippen LogP contribution in [0.3, 0.4) is 0 Å². The summed E-state index contributed by atoms with van der Waals surface area (Å²) in [6.07, 6.45) is 5.85. The van der Waals surface area contributed by atoms with E-state index in [4.69, 9.17) is 10.5 Å². The Morgan fingerprint density at radius 3 is 2.57 bits per heavy atom. The largest absolute Gasteiger partial charge is 0.456 e. The van der Waals surface area contributed by atoms with Gasteiger partial charge < -0.3 is 10.5 Å². The fourth-order valence-electron chi connectivity index (χ4n) is 2.85. The zero-order valence-corrected chi connectivity index (χ0v) is 13.7. The zero-order chi connectivity index (χ0) is 14.7. The third kappa shape index (κ3) is 3.47. The molecule has 1 aliphatic carbocycles. The topological polar surface area (TPSA) is 35.2 Å². The lowest BCUT2D eigenvalue weighted by Crippen LogP contribution is -2.03. The smallest absolute Gasteiger partial charge is 0.141 e. The molecule has 0 amide bonds. The highest BCUT2D eigenvalue weighted by atomic mass is 79.9. The summed E-state index contributed by atoms with van der Waals surface area (Å²) in [5, 5.41) is 0. The molecule has 2 aromatic rings. The number of ether oxygens (including phenoxy) is 1. The van der Waals surface area contributed by atoms with E-state index < -0.39 is 0 Å². The Morgan fingerprint density at radius 1 is 1.00 bits per heavy atom. The van der Waals surface area contributed by atoms with E-state index in [9.17, 15) is 0 Å². The molecule has 0 fully saturated rings. The summed E-state index contributed by atoms with van der Waals surface area (Å²) >= 11 is 3.58. The van der Waals surface area contributed by atoms with Crippen LogP contribution in [-0.2, 0) is 19.3 Å². The summed E-state index contributed by atoms with van der Waals surface area (Å²) < 4.78 is 7.01. The van der Waals surface area contributed by atoms with Crippen molar-refractivity contribution in [3.63, 3.8) is 0 Å². The maximum Gasteiger partial charge on any atom is 0.141 e. The summed E-state index contributed by atoms with van der Waals surface area (Å²) in [6.45, 7) is 0.664. The van der Waals surface area contributed by atoms with Crippen molar-refractivity contribution in [3.8, 4) is 11.5 Å². The molecule has 0 heterocycles. The summed E-state index contributed by atoms with van der Waals surface area (Å²) in [4.78, 5) is 0. The van der Waals surface area contributed by atoms with Gasteiger partial charge in [0, 0.05) is 0 Å². The van der Waals surface area contributed by atoms with Crippen LogP contribution in [0.1, 0.15) is 29.5 Å². The number of benzene rings is 2. The molecule has 0 saturated carbocycles. The van der Waals surface area contributed by atoms with Gasteiger partial charge in [0.25, 0.3) is 0 Å². The van der Waals surface area contributed by atoms with Gasteiger partial charge in [-0.1, -0.05) is 12.1 Å². The van der Waals surface area contributed by atoms with Gasteiger partial charge in [0.2, 0.25) is 0 Å². The predicted molar refractivity (Wildman–Crippen MR) is 90.1 cm³/mol. The minimum absolute atomic E-state index is 0.664. The average Bonchev–Trinajstić information content (AvgIpc) is 2.50. The number of fused-ring (bicyclic) bond motifs is 1. The van der Waals surface area contributed by atoms with Gasteiger partial charge in [-0.25, -0.2) is 0 Å². The van der Waals surface area contributed by atoms with Gasteiger partial charge in [0.05, 0.1) is 4.47 Å². The first-order valence-electron chi connectivity index (χ1n) is 7.54. The van der Waals surface area contributed by atoms with Gasteiger partial charge in [0.1, 0.15) is 11.5 Å². The molecule has 2 aromatic carbocycles. The fraction of sp³-hybridized carbons (Fsp3) is 0.333. The normalized spacial score (nSPS) is 13.8. The van der Waals surface area contributed by atoms with E-state index in [-0.39, 0.29) is 0 Å². The second kappa shape index (κ2) is 6.63. The predicted octanol–water partition coefficient (Wildman–Crippen LogP) is 4.62. The molecule has 3 heteroatoms. The molecule has 1 aliphatic rings. The SMILES string of the molecule is NCCc1ccc(Oc2ccc3c(c2)CCCC3)c(Br)c1. The van der Waals surface area contributed by atoms with Crippen LogP contribution < -0.4 is 10.5 Å². The zero-order valence-electron chi connectivity index (χ0n) is 12.1. The van der Waals surface area contributed by atoms with Crippen LogP contribution in [0.25, 0.3) is 0 Å². The number of aryl methyl sites for hydroxylation is 2. The van der Waals surface area contributed by atoms with Crippen molar-refractivity contribution in [2.75, 3.05) is 6.54 Å². The summed E-state index contributed by atoms with van der Waals surface area (Å²) in [7, 11) is 0. The molecule has 0 radical (unpaired) electrons. The maximum absolute atomic E-state index is 6.03. The standard InChI is InChI=1S/C18H20BrNO/c19-17-11-13(9-10-20)5-8-18(17)21-16-7-6-14-3-1-2-4-15(14)12-16/h5-8,11-12H,1-4,9-10,20H2. The van der Waals surface area contributed by atoms with E-state index in [1.54, 1.807) is 0 Å². The molecule has 0 unspecified atom stereocenters. The second-order valence-electron chi connectivity index (χ2n) is 5.54. The molecule has 0 aromatic heterocycles. The van der Waals surface area contributed by atoms with E-state index in [2.05, 4.69) is 46.3 Å². The van der Waals surface area contributed by atoms with Crippen molar-refractivity contribution in [1.82, 2.24) is 0 Å². The molecule has 0 atom stereocenters. The highest BCUT2D eigenvalue weighted by molar-refractivity contribution is 9.10. The van der Waals surface area contributed by atoms with E-state index in [0.717, 1.165) is 22.4 Å². The van der Waals surface area contributed by atoms with Crippen molar-refractivity contribution >= 4 is 15.9 Å². The summed E-state index contributed by atoms with van der Waals surface area (Å²) in [5.41, 5.74) is 9.73. The molecular weight excluding hydrogens is 326 g/mol. The van der Waals surface area contributed by atoms with Crippen LogP contribution in [0.5, 0.6) is 11.5 Å². The Morgan fingerprint density at radius 2 is 1.81 bits per heavy atom. The van der Waals surface area contributed by atoms with Crippen molar-refractivity contribution in [2.45, 2.75) is 32.1 Å². The Bertz CT molecular complexity index is 639. The number of rotatable bonds is 4. The third-order valence-corrected chi connectivity index (χ3v) is 4.60. The van der Waals surface area contributed by atoms with Gasteiger partial charge in [-0.3, -0.25) is 0 Å². The monoisotopic (exact) mass is 345 g/mol. The third-order valence-electron chi connectivity index (χ3n) is 3.98. The Balaban J connectivity index is 1.80. The van der Waals surface area contributed by atoms with Crippen molar-refractivity contribution in [3.05, 3.63) is 57.6 Å². The van der Waals surface area contributed by atoms with Crippen LogP contribution in [-0.4, -0.2) is 6.54 Å². The van der Waals surface area contributed by atoms with Crippen LogP contribution in [0, 0.1) is 0 Å². The molecule has 2 nitrogen and oxygen atoms in total. The molecule has 3 rings (SSSR count). The summed E-state index contributed by atoms with van der Waals surface area (Å²) in [5.74, 6) is 1.77. The molecule has 0 aliphatic heterocycles. The Labute approximate surface area is 134 Å². The lowest BCUT2D eigenvalue weighted by molar-refractivity contribution is 0.477. The molecule has 0 spiro atoms. The molecule has 0 saturated heterocycles. The van der Waals surface area contributed by atoms with Crippen LogP contribution >= 0.6 is 15.9 Å². The van der Waals surface area contributed by atoms with Crippen molar-refractivity contribution in [1.29, 1.82) is 0 Å². The molecule has 21 heavy (non-hydrogen) atoms.